The molecule has 1 aliphatic carbocycles. The van der Waals surface area contributed by atoms with Crippen molar-refractivity contribution in [3.63, 3.8) is 0 Å². The molecule has 0 amide bonds. The molecule has 1 aliphatic rings. The van der Waals surface area contributed by atoms with E-state index in [4.69, 9.17) is 0 Å². The van der Waals surface area contributed by atoms with E-state index in [0.717, 1.165) is 24.6 Å². The van der Waals surface area contributed by atoms with Gasteiger partial charge in [0.2, 0.25) is 0 Å². The van der Waals surface area contributed by atoms with Crippen molar-refractivity contribution in [2.45, 2.75) is 32.1 Å². The van der Waals surface area contributed by atoms with Crippen molar-refractivity contribution in [1.29, 1.82) is 0 Å². The first-order valence-electron chi connectivity index (χ1n) is 4.91. The molecular weight excluding hydrogens is 244 g/mol. The van der Waals surface area contributed by atoms with Crippen molar-refractivity contribution in [2.24, 2.45) is 5.92 Å². The van der Waals surface area contributed by atoms with Crippen molar-refractivity contribution < 1.29 is 0 Å². The molecule has 0 bridgehead atoms. The molecule has 1 aromatic heterocycles. The van der Waals surface area contributed by atoms with Gasteiger partial charge in [-0.15, -0.1) is 0 Å². The van der Waals surface area contributed by atoms with Crippen LogP contribution >= 0.6 is 15.9 Å². The van der Waals surface area contributed by atoms with E-state index in [1.54, 1.807) is 6.20 Å². The summed E-state index contributed by atoms with van der Waals surface area (Å²) in [6.45, 7) is 2.25. The Labute approximate surface area is 91.1 Å². The number of hydrogen-bond acceptors (Lipinski definition) is 2. The highest BCUT2D eigenvalue weighted by Gasteiger charge is 2.24. The lowest BCUT2D eigenvalue weighted by Crippen LogP contribution is -2.13. The maximum absolute atomic E-state index is 11.3. The van der Waals surface area contributed by atoms with E-state index >= 15 is 0 Å². The van der Waals surface area contributed by atoms with Gasteiger partial charge in [-0.25, -0.2) is 4.98 Å². The second-order valence-corrected chi connectivity index (χ2v) is 4.91. The lowest BCUT2D eigenvalue weighted by molar-refractivity contribution is 0.584. The number of rotatable bonds is 1. The molecule has 0 aromatic carbocycles. The minimum absolute atomic E-state index is 0.0745. The second kappa shape index (κ2) is 3.85. The maximum atomic E-state index is 11.3. The predicted octanol–water partition coefficient (Wildman–Crippen LogP) is 2.44. The largest absolute Gasteiger partial charge is 0.309 e. The number of nitrogens with one attached hydrogen (secondary N) is 1. The fourth-order valence-electron chi connectivity index (χ4n) is 2.06. The van der Waals surface area contributed by atoms with Gasteiger partial charge in [-0.3, -0.25) is 4.79 Å². The highest BCUT2D eigenvalue weighted by molar-refractivity contribution is 9.10. The van der Waals surface area contributed by atoms with Crippen LogP contribution in [0, 0.1) is 5.92 Å². The lowest BCUT2D eigenvalue weighted by atomic mass is 10.1. The average Bonchev–Trinajstić information content (AvgIpc) is 2.57. The highest BCUT2D eigenvalue weighted by Crippen LogP contribution is 2.35. The number of aromatic amines is 1. The first kappa shape index (κ1) is 9.90. The Hall–Kier alpha value is -0.640. The zero-order chi connectivity index (χ0) is 10.1. The third kappa shape index (κ3) is 1.90. The summed E-state index contributed by atoms with van der Waals surface area (Å²) >= 11 is 3.14. The Bertz CT molecular complexity index is 388. The van der Waals surface area contributed by atoms with Gasteiger partial charge in [0.15, 0.2) is 0 Å². The molecule has 1 fully saturated rings. The number of nitrogens with zero attached hydrogens (tertiary/aromatic N) is 1. The molecule has 1 heterocycles. The van der Waals surface area contributed by atoms with Gasteiger partial charge in [0.1, 0.15) is 10.3 Å². The first-order chi connectivity index (χ1) is 6.66. The summed E-state index contributed by atoms with van der Waals surface area (Å²) in [4.78, 5) is 18.4. The quantitative estimate of drug-likeness (QED) is 0.839. The Morgan fingerprint density at radius 3 is 2.93 bits per heavy atom. The van der Waals surface area contributed by atoms with Gasteiger partial charge < -0.3 is 4.98 Å². The lowest BCUT2D eigenvalue weighted by Gasteiger charge is -2.07. The maximum Gasteiger partial charge on any atom is 0.265 e. The van der Waals surface area contributed by atoms with Gasteiger partial charge in [0.25, 0.3) is 5.56 Å². The molecule has 0 aliphatic heterocycles. The topological polar surface area (TPSA) is 45.8 Å². The summed E-state index contributed by atoms with van der Waals surface area (Å²) in [6, 6.07) is 0. The summed E-state index contributed by atoms with van der Waals surface area (Å²) in [7, 11) is 0. The summed E-state index contributed by atoms with van der Waals surface area (Å²) in [5.74, 6) is 2.06. The summed E-state index contributed by atoms with van der Waals surface area (Å²) in [5.41, 5.74) is -0.0745. The van der Waals surface area contributed by atoms with Crippen LogP contribution in [-0.4, -0.2) is 9.97 Å². The molecule has 1 aromatic rings. The van der Waals surface area contributed by atoms with Crippen molar-refractivity contribution in [3.8, 4) is 0 Å². The van der Waals surface area contributed by atoms with E-state index < -0.39 is 0 Å². The van der Waals surface area contributed by atoms with E-state index in [2.05, 4.69) is 32.8 Å². The fourth-order valence-corrected chi connectivity index (χ4v) is 2.26. The van der Waals surface area contributed by atoms with Crippen LogP contribution in [0.1, 0.15) is 37.9 Å². The van der Waals surface area contributed by atoms with E-state index in [1.807, 2.05) is 0 Å². The summed E-state index contributed by atoms with van der Waals surface area (Å²) < 4.78 is 0.507. The molecule has 14 heavy (non-hydrogen) atoms. The Kier molecular flexibility index (Phi) is 2.72. The van der Waals surface area contributed by atoms with Crippen LogP contribution in [0.3, 0.4) is 0 Å². The van der Waals surface area contributed by atoms with Crippen LogP contribution in [0.5, 0.6) is 0 Å². The molecule has 1 N–H and O–H groups in total. The Morgan fingerprint density at radius 2 is 2.36 bits per heavy atom. The smallest absolute Gasteiger partial charge is 0.265 e. The van der Waals surface area contributed by atoms with Gasteiger partial charge in [-0.1, -0.05) is 6.92 Å². The van der Waals surface area contributed by atoms with Crippen LogP contribution in [0.15, 0.2) is 15.5 Å². The fraction of sp³-hybridized carbons (Fsp3) is 0.600. The van der Waals surface area contributed by atoms with Gasteiger partial charge in [0, 0.05) is 12.1 Å². The molecule has 76 valence electrons. The molecule has 0 saturated heterocycles. The van der Waals surface area contributed by atoms with Crippen molar-refractivity contribution in [3.05, 3.63) is 26.8 Å². The molecule has 0 radical (unpaired) electrons. The molecule has 2 unspecified atom stereocenters. The van der Waals surface area contributed by atoms with Crippen LogP contribution in [-0.2, 0) is 0 Å². The van der Waals surface area contributed by atoms with Crippen LogP contribution in [0.2, 0.25) is 0 Å². The zero-order valence-corrected chi connectivity index (χ0v) is 9.67. The van der Waals surface area contributed by atoms with Crippen LogP contribution in [0.4, 0.5) is 0 Å². The molecule has 4 heteroatoms. The number of H-pyrrole nitrogens is 1. The van der Waals surface area contributed by atoms with Gasteiger partial charge in [-0.2, -0.15) is 0 Å². The highest BCUT2D eigenvalue weighted by atomic mass is 79.9. The molecular formula is C10H13BrN2O. The molecule has 2 rings (SSSR count). The predicted molar refractivity (Wildman–Crippen MR) is 58.3 cm³/mol. The van der Waals surface area contributed by atoms with Crippen LogP contribution in [0.25, 0.3) is 0 Å². The summed E-state index contributed by atoms with van der Waals surface area (Å²) in [5, 5.41) is 0. The number of aromatic nitrogens is 2. The van der Waals surface area contributed by atoms with Crippen LogP contribution < -0.4 is 5.56 Å². The SMILES string of the molecule is CC1CCC(c2ncc(Br)c(=O)[nH]2)C1. The van der Waals surface area contributed by atoms with E-state index in [1.165, 1.54) is 6.42 Å². The normalized spacial score (nSPS) is 26.7. The number of hydrogen-bond donors (Lipinski definition) is 1. The van der Waals surface area contributed by atoms with E-state index in [0.29, 0.717) is 10.4 Å². The molecule has 1 saturated carbocycles. The third-order valence-corrected chi connectivity index (χ3v) is 3.42. The average molecular weight is 257 g/mol. The minimum atomic E-state index is -0.0745. The Morgan fingerprint density at radius 1 is 1.57 bits per heavy atom. The van der Waals surface area contributed by atoms with Crippen molar-refractivity contribution >= 4 is 15.9 Å². The minimum Gasteiger partial charge on any atom is -0.309 e. The van der Waals surface area contributed by atoms with Gasteiger partial charge >= 0.3 is 0 Å². The van der Waals surface area contributed by atoms with E-state index in [-0.39, 0.29) is 5.56 Å². The van der Waals surface area contributed by atoms with E-state index in [9.17, 15) is 4.79 Å². The summed E-state index contributed by atoms with van der Waals surface area (Å²) in [6.07, 6.45) is 5.12. The van der Waals surface area contributed by atoms with Crippen molar-refractivity contribution in [2.75, 3.05) is 0 Å². The monoisotopic (exact) mass is 256 g/mol. The Balaban J connectivity index is 2.25. The van der Waals surface area contributed by atoms with Gasteiger partial charge in [0.05, 0.1) is 0 Å². The third-order valence-electron chi connectivity index (χ3n) is 2.86. The van der Waals surface area contributed by atoms with Gasteiger partial charge in [-0.05, 0) is 41.1 Å². The second-order valence-electron chi connectivity index (χ2n) is 4.06. The molecule has 3 nitrogen and oxygen atoms in total. The zero-order valence-electron chi connectivity index (χ0n) is 8.09. The van der Waals surface area contributed by atoms with Crippen molar-refractivity contribution in [1.82, 2.24) is 9.97 Å². The number of halogens is 1. The molecule has 2 atom stereocenters. The first-order valence-corrected chi connectivity index (χ1v) is 5.71. The standard InChI is InChI=1S/C10H13BrN2O/c1-6-2-3-7(4-6)9-12-5-8(11)10(14)13-9/h5-7H,2-4H2,1H3,(H,12,13,14). The molecule has 0 spiro atoms.